The zero-order valence-electron chi connectivity index (χ0n) is 12.5. The summed E-state index contributed by atoms with van der Waals surface area (Å²) in [6.07, 6.45) is 4.04. The molecule has 1 heterocycles. The Kier molecular flexibility index (Phi) is 5.60. The Morgan fingerprint density at radius 2 is 2.10 bits per heavy atom. The first kappa shape index (κ1) is 15.0. The smallest absolute Gasteiger partial charge is 0.307 e. The first-order valence-corrected chi connectivity index (χ1v) is 7.68. The van der Waals surface area contributed by atoms with Gasteiger partial charge < -0.3 is 4.74 Å². The fourth-order valence-corrected chi connectivity index (χ4v) is 3.09. The number of carbonyl (C=O) groups excluding carboxylic acids is 1. The van der Waals surface area contributed by atoms with Gasteiger partial charge in [-0.25, -0.2) is 0 Å². The van der Waals surface area contributed by atoms with E-state index in [4.69, 9.17) is 4.74 Å². The Bertz CT molecular complexity index is 418. The molecule has 3 heteroatoms. The minimum atomic E-state index is -0.0651. The van der Waals surface area contributed by atoms with E-state index in [0.717, 1.165) is 13.0 Å². The number of piperidine rings is 1. The molecule has 1 aromatic rings. The molecule has 1 aliphatic heterocycles. The molecule has 3 nitrogen and oxygen atoms in total. The third kappa shape index (κ3) is 3.83. The van der Waals surface area contributed by atoms with Crippen LogP contribution in [0.2, 0.25) is 0 Å². The van der Waals surface area contributed by atoms with Crippen LogP contribution in [0.15, 0.2) is 30.3 Å². The van der Waals surface area contributed by atoms with Crippen molar-refractivity contribution in [2.24, 2.45) is 0 Å². The quantitative estimate of drug-likeness (QED) is 0.770. The number of rotatable bonds is 5. The van der Waals surface area contributed by atoms with E-state index in [1.54, 1.807) is 0 Å². The van der Waals surface area contributed by atoms with Crippen molar-refractivity contribution in [3.05, 3.63) is 35.9 Å². The standard InChI is InChI=1S/C17H25NO2/c1-3-20-17(19)13-16-11-7-8-12-18(16)14(2)15-9-5-4-6-10-15/h4-6,9-10,14,16H,3,7-8,11-13H2,1-2H3/t14-,16?/m1/s1. The van der Waals surface area contributed by atoms with Crippen LogP contribution in [0.25, 0.3) is 0 Å². The molecule has 0 N–H and O–H groups in total. The third-order valence-electron chi connectivity index (χ3n) is 4.16. The monoisotopic (exact) mass is 275 g/mol. The molecule has 2 atom stereocenters. The van der Waals surface area contributed by atoms with Gasteiger partial charge in [0.1, 0.15) is 0 Å². The van der Waals surface area contributed by atoms with Gasteiger partial charge in [-0.15, -0.1) is 0 Å². The van der Waals surface area contributed by atoms with Crippen LogP contribution in [0.5, 0.6) is 0 Å². The van der Waals surface area contributed by atoms with E-state index in [9.17, 15) is 4.79 Å². The summed E-state index contributed by atoms with van der Waals surface area (Å²) in [6.45, 7) is 5.64. The van der Waals surface area contributed by atoms with Crippen LogP contribution in [-0.2, 0) is 9.53 Å². The van der Waals surface area contributed by atoms with Gasteiger partial charge in [-0.05, 0) is 38.8 Å². The van der Waals surface area contributed by atoms with Crippen molar-refractivity contribution in [3.8, 4) is 0 Å². The predicted molar refractivity (Wildman–Crippen MR) is 80.5 cm³/mol. The van der Waals surface area contributed by atoms with Crippen molar-refractivity contribution < 1.29 is 9.53 Å². The van der Waals surface area contributed by atoms with Gasteiger partial charge in [-0.2, -0.15) is 0 Å². The molecule has 1 unspecified atom stereocenters. The van der Waals surface area contributed by atoms with Crippen molar-refractivity contribution in [3.63, 3.8) is 0 Å². The molecule has 0 radical (unpaired) electrons. The first-order chi connectivity index (χ1) is 9.72. The molecule has 2 rings (SSSR count). The lowest BCUT2D eigenvalue weighted by atomic mass is 9.95. The average Bonchev–Trinajstić information content (AvgIpc) is 2.48. The Morgan fingerprint density at radius 3 is 2.80 bits per heavy atom. The van der Waals surface area contributed by atoms with Gasteiger partial charge in [0.25, 0.3) is 0 Å². The summed E-state index contributed by atoms with van der Waals surface area (Å²) < 4.78 is 5.11. The second-order valence-electron chi connectivity index (χ2n) is 5.48. The summed E-state index contributed by atoms with van der Waals surface area (Å²) in [5.74, 6) is -0.0651. The predicted octanol–water partition coefficient (Wildman–Crippen LogP) is 3.56. The number of nitrogens with zero attached hydrogens (tertiary/aromatic N) is 1. The maximum absolute atomic E-state index is 11.8. The molecule has 0 saturated carbocycles. The lowest BCUT2D eigenvalue weighted by Crippen LogP contribution is -2.42. The van der Waals surface area contributed by atoms with Gasteiger partial charge in [0.15, 0.2) is 0 Å². The lowest BCUT2D eigenvalue weighted by Gasteiger charge is -2.39. The highest BCUT2D eigenvalue weighted by Gasteiger charge is 2.29. The highest BCUT2D eigenvalue weighted by molar-refractivity contribution is 5.70. The minimum absolute atomic E-state index is 0.0651. The maximum Gasteiger partial charge on any atom is 0.307 e. The highest BCUT2D eigenvalue weighted by Crippen LogP contribution is 2.29. The molecular formula is C17H25NO2. The van der Waals surface area contributed by atoms with E-state index >= 15 is 0 Å². The van der Waals surface area contributed by atoms with Gasteiger partial charge in [-0.1, -0.05) is 36.8 Å². The molecular weight excluding hydrogens is 250 g/mol. The summed E-state index contributed by atoms with van der Waals surface area (Å²) in [7, 11) is 0. The second-order valence-corrected chi connectivity index (χ2v) is 5.48. The molecule has 0 aromatic heterocycles. The zero-order chi connectivity index (χ0) is 14.4. The summed E-state index contributed by atoms with van der Waals surface area (Å²) >= 11 is 0. The molecule has 1 saturated heterocycles. The van der Waals surface area contributed by atoms with Crippen LogP contribution in [0.3, 0.4) is 0 Å². The van der Waals surface area contributed by atoms with Crippen LogP contribution >= 0.6 is 0 Å². The zero-order valence-corrected chi connectivity index (χ0v) is 12.5. The van der Waals surface area contributed by atoms with Gasteiger partial charge in [0.05, 0.1) is 13.0 Å². The maximum atomic E-state index is 11.8. The number of carbonyl (C=O) groups is 1. The fourth-order valence-electron chi connectivity index (χ4n) is 3.09. The largest absolute Gasteiger partial charge is 0.466 e. The number of benzene rings is 1. The van der Waals surface area contributed by atoms with Crippen LogP contribution in [-0.4, -0.2) is 30.1 Å². The molecule has 0 aliphatic carbocycles. The van der Waals surface area contributed by atoms with Gasteiger partial charge in [0.2, 0.25) is 0 Å². The topological polar surface area (TPSA) is 29.5 Å². The Balaban J connectivity index is 2.04. The summed E-state index contributed by atoms with van der Waals surface area (Å²) in [5, 5.41) is 0. The van der Waals surface area contributed by atoms with Crippen molar-refractivity contribution in [2.45, 2.75) is 51.6 Å². The number of ether oxygens (including phenoxy) is 1. The van der Waals surface area contributed by atoms with E-state index in [0.29, 0.717) is 25.1 Å². The molecule has 0 spiro atoms. The molecule has 20 heavy (non-hydrogen) atoms. The highest BCUT2D eigenvalue weighted by atomic mass is 16.5. The number of likely N-dealkylation sites (tertiary alicyclic amines) is 1. The van der Waals surface area contributed by atoms with E-state index in [-0.39, 0.29) is 5.97 Å². The Hall–Kier alpha value is -1.35. The average molecular weight is 275 g/mol. The van der Waals surface area contributed by atoms with E-state index in [2.05, 4.69) is 36.1 Å². The minimum Gasteiger partial charge on any atom is -0.466 e. The summed E-state index contributed by atoms with van der Waals surface area (Å²) in [4.78, 5) is 14.2. The van der Waals surface area contributed by atoms with Crippen LogP contribution in [0.1, 0.15) is 51.1 Å². The van der Waals surface area contributed by atoms with Crippen LogP contribution < -0.4 is 0 Å². The van der Waals surface area contributed by atoms with Crippen LogP contribution in [0, 0.1) is 0 Å². The number of hydrogen-bond acceptors (Lipinski definition) is 3. The van der Waals surface area contributed by atoms with Crippen molar-refractivity contribution >= 4 is 5.97 Å². The molecule has 1 aliphatic rings. The second kappa shape index (κ2) is 7.44. The normalized spacial score (nSPS) is 21.4. The molecule has 0 bridgehead atoms. The van der Waals surface area contributed by atoms with E-state index < -0.39 is 0 Å². The van der Waals surface area contributed by atoms with Gasteiger partial charge in [-0.3, -0.25) is 9.69 Å². The van der Waals surface area contributed by atoms with Crippen molar-refractivity contribution in [1.82, 2.24) is 4.90 Å². The number of esters is 1. The summed E-state index contributed by atoms with van der Waals surface area (Å²) in [5.41, 5.74) is 1.32. The third-order valence-corrected chi connectivity index (χ3v) is 4.16. The Labute approximate surface area is 121 Å². The lowest BCUT2D eigenvalue weighted by molar-refractivity contribution is -0.145. The molecule has 1 aromatic carbocycles. The first-order valence-electron chi connectivity index (χ1n) is 7.68. The van der Waals surface area contributed by atoms with Crippen molar-refractivity contribution in [2.75, 3.05) is 13.2 Å². The van der Waals surface area contributed by atoms with E-state index in [1.165, 1.54) is 18.4 Å². The summed E-state index contributed by atoms with van der Waals surface area (Å²) in [6, 6.07) is 11.2. The SMILES string of the molecule is CCOC(=O)CC1CCCCN1[C@H](C)c1ccccc1. The fraction of sp³-hybridized carbons (Fsp3) is 0.588. The van der Waals surface area contributed by atoms with Crippen molar-refractivity contribution in [1.29, 1.82) is 0 Å². The molecule has 110 valence electrons. The van der Waals surface area contributed by atoms with E-state index in [1.807, 2.05) is 13.0 Å². The molecule has 0 amide bonds. The van der Waals surface area contributed by atoms with Gasteiger partial charge in [0, 0.05) is 12.1 Å². The Morgan fingerprint density at radius 1 is 1.35 bits per heavy atom. The van der Waals surface area contributed by atoms with Gasteiger partial charge >= 0.3 is 5.97 Å². The number of hydrogen-bond donors (Lipinski definition) is 0. The molecule has 1 fully saturated rings. The van der Waals surface area contributed by atoms with Crippen LogP contribution in [0.4, 0.5) is 0 Å².